The number of amides is 1. The molecule has 2 heterocycles. The van der Waals surface area contributed by atoms with Gasteiger partial charge in [0.2, 0.25) is 15.9 Å². The Bertz CT molecular complexity index is 1100. The molecule has 0 saturated carbocycles. The molecule has 2 aliphatic heterocycles. The molecule has 2 aromatic carbocycles. The Hall–Kier alpha value is -2.59. The molecular formula is C22H23F3N2O4S. The molecular weight excluding hydrogens is 445 g/mol. The Balaban J connectivity index is 1.42. The third-order valence-corrected chi connectivity index (χ3v) is 7.87. The van der Waals surface area contributed by atoms with E-state index in [1.807, 2.05) is 24.3 Å². The van der Waals surface area contributed by atoms with Crippen LogP contribution >= 0.6 is 0 Å². The zero-order chi connectivity index (χ0) is 22.9. The van der Waals surface area contributed by atoms with Gasteiger partial charge in [-0.15, -0.1) is 0 Å². The minimum atomic E-state index is -4.78. The molecule has 0 aromatic heterocycles. The molecule has 1 fully saturated rings. The first-order valence-electron chi connectivity index (χ1n) is 10.4. The van der Waals surface area contributed by atoms with Crippen LogP contribution in [-0.4, -0.2) is 38.3 Å². The summed E-state index contributed by atoms with van der Waals surface area (Å²) in [7, 11) is -4.33. The lowest BCUT2D eigenvalue weighted by Gasteiger charge is -2.33. The number of hydrogen-bond donors (Lipinski definition) is 1. The fourth-order valence-corrected chi connectivity index (χ4v) is 5.89. The van der Waals surface area contributed by atoms with Crippen LogP contribution in [0.25, 0.3) is 0 Å². The van der Waals surface area contributed by atoms with Crippen LogP contribution in [0.2, 0.25) is 0 Å². The van der Waals surface area contributed by atoms with Gasteiger partial charge < -0.3 is 10.1 Å². The minimum Gasteiger partial charge on any atom is -0.493 e. The number of ether oxygens (including phenoxy) is 1. The molecule has 0 bridgehead atoms. The van der Waals surface area contributed by atoms with E-state index in [-0.39, 0.29) is 37.9 Å². The average Bonchev–Trinajstić information content (AvgIpc) is 2.79. The molecule has 0 aliphatic carbocycles. The van der Waals surface area contributed by atoms with Crippen LogP contribution in [0.15, 0.2) is 53.4 Å². The van der Waals surface area contributed by atoms with Crippen molar-refractivity contribution in [3.05, 3.63) is 59.7 Å². The molecule has 0 radical (unpaired) electrons. The SMILES string of the molecule is O=C(N[C@H]1CCOc2ccccc21)C1CCN(S(=O)(=O)c2ccccc2C(F)(F)F)CC1. The van der Waals surface area contributed by atoms with Gasteiger partial charge in [-0.05, 0) is 31.0 Å². The van der Waals surface area contributed by atoms with Crippen molar-refractivity contribution in [1.29, 1.82) is 0 Å². The first kappa shape index (κ1) is 22.6. The zero-order valence-electron chi connectivity index (χ0n) is 17.1. The number of carbonyl (C=O) groups excluding carboxylic acids is 1. The fourth-order valence-electron chi connectivity index (χ4n) is 4.20. The van der Waals surface area contributed by atoms with Crippen LogP contribution in [-0.2, 0) is 21.0 Å². The predicted molar refractivity (Wildman–Crippen MR) is 110 cm³/mol. The molecule has 1 atom stereocenters. The van der Waals surface area contributed by atoms with E-state index in [9.17, 15) is 26.4 Å². The van der Waals surface area contributed by atoms with Gasteiger partial charge in [-0.25, -0.2) is 8.42 Å². The third kappa shape index (κ3) is 4.47. The normalized spacial score (nSPS) is 20.3. The highest BCUT2D eigenvalue weighted by Gasteiger charge is 2.40. The second kappa shape index (κ2) is 8.74. The van der Waals surface area contributed by atoms with Crippen molar-refractivity contribution in [2.75, 3.05) is 19.7 Å². The lowest BCUT2D eigenvalue weighted by Crippen LogP contribution is -2.44. The number of para-hydroxylation sites is 1. The van der Waals surface area contributed by atoms with Crippen LogP contribution in [0.3, 0.4) is 0 Å². The van der Waals surface area contributed by atoms with Crippen LogP contribution < -0.4 is 10.1 Å². The number of nitrogens with zero attached hydrogens (tertiary/aromatic N) is 1. The van der Waals surface area contributed by atoms with Crippen molar-refractivity contribution in [3.63, 3.8) is 0 Å². The largest absolute Gasteiger partial charge is 0.493 e. The van der Waals surface area contributed by atoms with E-state index in [1.54, 1.807) is 0 Å². The van der Waals surface area contributed by atoms with Crippen LogP contribution in [0.1, 0.15) is 36.4 Å². The van der Waals surface area contributed by atoms with Gasteiger partial charge in [-0.3, -0.25) is 4.79 Å². The van der Waals surface area contributed by atoms with Crippen LogP contribution in [0.5, 0.6) is 5.75 Å². The summed E-state index contributed by atoms with van der Waals surface area (Å²) in [6.07, 6.45) is -3.67. The highest BCUT2D eigenvalue weighted by atomic mass is 32.2. The maximum absolute atomic E-state index is 13.3. The first-order valence-corrected chi connectivity index (χ1v) is 11.8. The van der Waals surface area contributed by atoms with Gasteiger partial charge in [-0.2, -0.15) is 17.5 Å². The molecule has 0 unspecified atom stereocenters. The number of piperidine rings is 1. The number of rotatable bonds is 4. The lowest BCUT2D eigenvalue weighted by molar-refractivity contribution is -0.139. The quantitative estimate of drug-likeness (QED) is 0.742. The summed E-state index contributed by atoms with van der Waals surface area (Å²) >= 11 is 0. The number of alkyl halides is 3. The molecule has 1 N–H and O–H groups in total. The van der Waals surface area contributed by atoms with Gasteiger partial charge in [0.1, 0.15) is 5.75 Å². The number of benzene rings is 2. The topological polar surface area (TPSA) is 75.7 Å². The van der Waals surface area contributed by atoms with E-state index >= 15 is 0 Å². The van der Waals surface area contributed by atoms with Gasteiger partial charge in [0.15, 0.2) is 0 Å². The summed E-state index contributed by atoms with van der Waals surface area (Å²) in [5.41, 5.74) is -0.283. The highest BCUT2D eigenvalue weighted by molar-refractivity contribution is 7.89. The van der Waals surface area contributed by atoms with Gasteiger partial charge in [0.25, 0.3) is 0 Å². The molecule has 6 nitrogen and oxygen atoms in total. The molecule has 2 aromatic rings. The van der Waals surface area contributed by atoms with E-state index < -0.39 is 32.6 Å². The molecule has 1 amide bonds. The predicted octanol–water partition coefficient (Wildman–Crippen LogP) is 3.75. The van der Waals surface area contributed by atoms with Gasteiger partial charge in [0.05, 0.1) is 23.1 Å². The molecule has 1 saturated heterocycles. The van der Waals surface area contributed by atoms with Crippen molar-refractivity contribution in [1.82, 2.24) is 9.62 Å². The lowest BCUT2D eigenvalue weighted by atomic mass is 9.95. The van der Waals surface area contributed by atoms with Crippen molar-refractivity contribution >= 4 is 15.9 Å². The maximum atomic E-state index is 13.3. The monoisotopic (exact) mass is 468 g/mol. The summed E-state index contributed by atoms with van der Waals surface area (Å²) < 4.78 is 72.3. The Morgan fingerprint density at radius 1 is 1.00 bits per heavy atom. The zero-order valence-corrected chi connectivity index (χ0v) is 18.0. The van der Waals surface area contributed by atoms with Gasteiger partial charge in [0, 0.05) is 31.0 Å². The molecule has 0 spiro atoms. The summed E-state index contributed by atoms with van der Waals surface area (Å²) in [5.74, 6) is 0.141. The summed E-state index contributed by atoms with van der Waals surface area (Å²) in [5, 5.41) is 3.02. The number of sulfonamides is 1. The van der Waals surface area contributed by atoms with Crippen molar-refractivity contribution < 1.29 is 31.1 Å². The third-order valence-electron chi connectivity index (χ3n) is 5.91. The van der Waals surface area contributed by atoms with Gasteiger partial charge >= 0.3 is 6.18 Å². The highest BCUT2D eigenvalue weighted by Crippen LogP contribution is 2.36. The Labute approximate surface area is 184 Å². The number of hydrogen-bond acceptors (Lipinski definition) is 4. The summed E-state index contributed by atoms with van der Waals surface area (Å²) in [4.78, 5) is 12.1. The maximum Gasteiger partial charge on any atom is 0.417 e. The fraction of sp³-hybridized carbons (Fsp3) is 0.409. The number of fused-ring (bicyclic) bond motifs is 1. The average molecular weight is 468 g/mol. The second-order valence-corrected chi connectivity index (χ2v) is 9.81. The minimum absolute atomic E-state index is 0.0169. The van der Waals surface area contributed by atoms with Crippen LogP contribution in [0, 0.1) is 5.92 Å². The van der Waals surface area contributed by atoms with Crippen molar-refractivity contribution in [3.8, 4) is 5.75 Å². The molecule has 4 rings (SSSR count). The van der Waals surface area contributed by atoms with E-state index in [1.165, 1.54) is 6.07 Å². The van der Waals surface area contributed by atoms with E-state index in [4.69, 9.17) is 4.74 Å². The number of carbonyl (C=O) groups is 1. The molecule has 172 valence electrons. The van der Waals surface area contributed by atoms with E-state index in [0.29, 0.717) is 13.0 Å². The van der Waals surface area contributed by atoms with E-state index in [2.05, 4.69) is 5.32 Å². The number of halogens is 3. The van der Waals surface area contributed by atoms with Crippen molar-refractivity contribution in [2.24, 2.45) is 5.92 Å². The smallest absolute Gasteiger partial charge is 0.417 e. The summed E-state index contributed by atoms with van der Waals surface area (Å²) in [6, 6.07) is 11.4. The Morgan fingerprint density at radius 2 is 1.66 bits per heavy atom. The second-order valence-electron chi connectivity index (χ2n) is 7.91. The molecule has 32 heavy (non-hydrogen) atoms. The molecule has 10 heteroatoms. The summed E-state index contributed by atoms with van der Waals surface area (Å²) in [6.45, 7) is 0.450. The molecule has 2 aliphatic rings. The Kier molecular flexibility index (Phi) is 6.17. The van der Waals surface area contributed by atoms with Crippen LogP contribution in [0.4, 0.5) is 13.2 Å². The van der Waals surface area contributed by atoms with Gasteiger partial charge in [-0.1, -0.05) is 30.3 Å². The Morgan fingerprint density at radius 3 is 2.38 bits per heavy atom. The first-order chi connectivity index (χ1) is 15.2. The standard InChI is InChI=1S/C22H23F3N2O4S/c23-22(24,25)17-6-2-4-8-20(17)32(29,30)27-12-9-15(10-13-27)21(28)26-18-11-14-31-19-7-3-1-5-16(18)19/h1-8,15,18H,9-14H2,(H,26,28)/t18-/m0/s1. The van der Waals surface area contributed by atoms with E-state index in [0.717, 1.165) is 33.8 Å². The van der Waals surface area contributed by atoms with Crippen molar-refractivity contribution in [2.45, 2.75) is 36.4 Å². The number of nitrogens with one attached hydrogen (secondary N) is 1.